The number of carbonyl (C=O) groups excluding carboxylic acids is 1. The molecule has 0 bridgehead atoms. The summed E-state index contributed by atoms with van der Waals surface area (Å²) in [6.07, 6.45) is -0.485. The van der Waals surface area contributed by atoms with Gasteiger partial charge in [0.05, 0.1) is 13.0 Å². The second kappa shape index (κ2) is 6.48. The van der Waals surface area contributed by atoms with Gasteiger partial charge in [0.2, 0.25) is 0 Å². The molecule has 2 atom stereocenters. The maximum absolute atomic E-state index is 12.2. The first-order chi connectivity index (χ1) is 10.7. The summed E-state index contributed by atoms with van der Waals surface area (Å²) in [6, 6.07) is 7.31. The van der Waals surface area contributed by atoms with Crippen molar-refractivity contribution in [1.82, 2.24) is 4.90 Å². The molecule has 6 nitrogen and oxygen atoms in total. The number of methoxy groups -OCH3 is 1. The Hall–Kier alpha value is -2.24. The van der Waals surface area contributed by atoms with Crippen molar-refractivity contribution < 1.29 is 24.2 Å². The Morgan fingerprint density at radius 2 is 1.87 bits per heavy atom. The van der Waals surface area contributed by atoms with Crippen molar-refractivity contribution in [1.29, 1.82) is 0 Å². The van der Waals surface area contributed by atoms with Crippen LogP contribution in [0.5, 0.6) is 5.75 Å². The lowest BCUT2D eigenvalue weighted by molar-refractivity contribution is -0.141. The number of carboxylic acids is 1. The number of carbonyl (C=O) groups is 2. The highest BCUT2D eigenvalue weighted by molar-refractivity contribution is 5.76. The first kappa shape index (κ1) is 17.1. The summed E-state index contributed by atoms with van der Waals surface area (Å²) < 4.78 is 10.7. The smallest absolute Gasteiger partial charge is 0.410 e. The third-order valence-corrected chi connectivity index (χ3v) is 3.83. The summed E-state index contributed by atoms with van der Waals surface area (Å²) in [5, 5.41) is 9.52. The third kappa shape index (κ3) is 3.94. The number of carboxylic acid groups (broad SMARTS) is 1. The molecular weight excluding hydrogens is 298 g/mol. The normalized spacial score (nSPS) is 21.1. The van der Waals surface area contributed by atoms with Gasteiger partial charge < -0.3 is 19.5 Å². The molecule has 0 saturated carbocycles. The fourth-order valence-electron chi connectivity index (χ4n) is 2.82. The van der Waals surface area contributed by atoms with Gasteiger partial charge in [0, 0.05) is 19.0 Å². The number of hydrogen-bond donors (Lipinski definition) is 1. The molecule has 23 heavy (non-hydrogen) atoms. The number of aliphatic carboxylic acids is 1. The topological polar surface area (TPSA) is 76.1 Å². The lowest BCUT2D eigenvalue weighted by Gasteiger charge is -2.24. The molecule has 0 aromatic heterocycles. The van der Waals surface area contributed by atoms with E-state index in [4.69, 9.17) is 9.47 Å². The number of ether oxygens (including phenoxy) is 2. The van der Waals surface area contributed by atoms with Gasteiger partial charge in [0.15, 0.2) is 0 Å². The molecule has 2 rings (SSSR count). The standard InChI is InChI=1S/C17H23NO5/c1-17(2,3)23-16(21)18-9-12(13(10-18)15(19)20)11-7-5-6-8-14(11)22-4/h5-8,12-13H,9-10H2,1-4H3,(H,19,20)/t12-,13-/m0/s1. The summed E-state index contributed by atoms with van der Waals surface area (Å²) >= 11 is 0. The summed E-state index contributed by atoms with van der Waals surface area (Å²) in [4.78, 5) is 25.3. The van der Waals surface area contributed by atoms with E-state index in [9.17, 15) is 14.7 Å². The van der Waals surface area contributed by atoms with Gasteiger partial charge in [-0.2, -0.15) is 0 Å². The maximum atomic E-state index is 12.2. The molecule has 0 unspecified atom stereocenters. The zero-order valence-corrected chi connectivity index (χ0v) is 13.9. The zero-order valence-electron chi connectivity index (χ0n) is 13.9. The molecule has 6 heteroatoms. The van der Waals surface area contributed by atoms with Gasteiger partial charge in [0.1, 0.15) is 11.4 Å². The van der Waals surface area contributed by atoms with E-state index in [1.54, 1.807) is 33.9 Å². The Bertz CT molecular complexity index is 593. The van der Waals surface area contributed by atoms with E-state index < -0.39 is 23.6 Å². The van der Waals surface area contributed by atoms with Crippen LogP contribution < -0.4 is 4.74 Å². The van der Waals surface area contributed by atoms with E-state index in [-0.39, 0.29) is 12.5 Å². The van der Waals surface area contributed by atoms with E-state index in [0.717, 1.165) is 5.56 Å². The van der Waals surface area contributed by atoms with Gasteiger partial charge in [-0.3, -0.25) is 4.79 Å². The van der Waals surface area contributed by atoms with Crippen molar-refractivity contribution in [3.8, 4) is 5.75 Å². The van der Waals surface area contributed by atoms with Crippen molar-refractivity contribution in [2.24, 2.45) is 5.92 Å². The van der Waals surface area contributed by atoms with Crippen molar-refractivity contribution in [3.05, 3.63) is 29.8 Å². The molecule has 1 amide bonds. The van der Waals surface area contributed by atoms with Crippen LogP contribution in [0.25, 0.3) is 0 Å². The number of para-hydroxylation sites is 1. The fourth-order valence-corrected chi connectivity index (χ4v) is 2.82. The van der Waals surface area contributed by atoms with Gasteiger partial charge in [0.25, 0.3) is 0 Å². The van der Waals surface area contributed by atoms with Gasteiger partial charge >= 0.3 is 12.1 Å². The Labute approximate surface area is 136 Å². The zero-order chi connectivity index (χ0) is 17.2. The highest BCUT2D eigenvalue weighted by atomic mass is 16.6. The lowest BCUT2D eigenvalue weighted by Crippen LogP contribution is -2.35. The van der Waals surface area contributed by atoms with Crippen LogP contribution in [0, 0.1) is 5.92 Å². The Morgan fingerprint density at radius 1 is 1.22 bits per heavy atom. The van der Waals surface area contributed by atoms with E-state index >= 15 is 0 Å². The molecule has 1 aliphatic rings. The average Bonchev–Trinajstić information content (AvgIpc) is 2.90. The first-order valence-corrected chi connectivity index (χ1v) is 7.56. The SMILES string of the molecule is COc1ccccc1[C@@H]1CN(C(=O)OC(C)(C)C)C[C@@H]1C(=O)O. The summed E-state index contributed by atoms with van der Waals surface area (Å²) in [5.41, 5.74) is 0.187. The van der Waals surface area contributed by atoms with Crippen molar-refractivity contribution >= 4 is 12.1 Å². The Balaban J connectivity index is 2.25. The minimum atomic E-state index is -0.924. The molecule has 1 N–H and O–H groups in total. The van der Waals surface area contributed by atoms with Crippen LogP contribution in [0.15, 0.2) is 24.3 Å². The molecule has 126 valence electrons. The number of benzene rings is 1. The Kier molecular flexibility index (Phi) is 4.82. The third-order valence-electron chi connectivity index (χ3n) is 3.83. The molecule has 0 spiro atoms. The van der Waals surface area contributed by atoms with E-state index in [1.807, 2.05) is 18.2 Å². The molecule has 0 aliphatic carbocycles. The van der Waals surface area contributed by atoms with Crippen LogP contribution in [0.4, 0.5) is 4.79 Å². The number of nitrogens with zero attached hydrogens (tertiary/aromatic N) is 1. The van der Waals surface area contributed by atoms with Gasteiger partial charge in [-0.15, -0.1) is 0 Å². The van der Waals surface area contributed by atoms with Crippen LogP contribution in [-0.4, -0.2) is 47.9 Å². The number of rotatable bonds is 3. The van der Waals surface area contributed by atoms with Gasteiger partial charge in [-0.05, 0) is 32.4 Å². The number of amides is 1. The molecular formula is C17H23NO5. The predicted molar refractivity (Wildman–Crippen MR) is 84.7 cm³/mol. The first-order valence-electron chi connectivity index (χ1n) is 7.56. The monoisotopic (exact) mass is 321 g/mol. The quantitative estimate of drug-likeness (QED) is 0.926. The van der Waals surface area contributed by atoms with Crippen LogP contribution >= 0.6 is 0 Å². The highest BCUT2D eigenvalue weighted by Crippen LogP contribution is 2.38. The van der Waals surface area contributed by atoms with Crippen molar-refractivity contribution in [3.63, 3.8) is 0 Å². The molecule has 1 aromatic carbocycles. The van der Waals surface area contributed by atoms with Crippen molar-refractivity contribution in [2.75, 3.05) is 20.2 Å². The predicted octanol–water partition coefficient (Wildman–Crippen LogP) is 2.73. The minimum Gasteiger partial charge on any atom is -0.496 e. The number of hydrogen-bond acceptors (Lipinski definition) is 4. The highest BCUT2D eigenvalue weighted by Gasteiger charge is 2.42. The van der Waals surface area contributed by atoms with Crippen LogP contribution in [0.3, 0.4) is 0 Å². The summed E-state index contributed by atoms with van der Waals surface area (Å²) in [5.74, 6) is -1.29. The van der Waals surface area contributed by atoms with Crippen LogP contribution in [0.1, 0.15) is 32.3 Å². The number of likely N-dealkylation sites (tertiary alicyclic amines) is 1. The van der Waals surface area contributed by atoms with Gasteiger partial charge in [-0.25, -0.2) is 4.79 Å². The second-order valence-corrected chi connectivity index (χ2v) is 6.68. The van der Waals surface area contributed by atoms with E-state index in [1.165, 1.54) is 4.90 Å². The minimum absolute atomic E-state index is 0.132. The lowest BCUT2D eigenvalue weighted by atomic mass is 9.88. The molecule has 0 radical (unpaired) electrons. The average molecular weight is 321 g/mol. The maximum Gasteiger partial charge on any atom is 0.410 e. The molecule has 1 aliphatic heterocycles. The Morgan fingerprint density at radius 3 is 2.43 bits per heavy atom. The van der Waals surface area contributed by atoms with Crippen molar-refractivity contribution in [2.45, 2.75) is 32.3 Å². The summed E-state index contributed by atoms with van der Waals surface area (Å²) in [7, 11) is 1.55. The molecule has 1 fully saturated rings. The van der Waals surface area contributed by atoms with Crippen LogP contribution in [0.2, 0.25) is 0 Å². The fraction of sp³-hybridized carbons (Fsp3) is 0.529. The second-order valence-electron chi connectivity index (χ2n) is 6.68. The van der Waals surface area contributed by atoms with Crippen LogP contribution in [-0.2, 0) is 9.53 Å². The summed E-state index contributed by atoms with van der Waals surface area (Å²) in [6.45, 7) is 5.79. The molecule has 1 saturated heterocycles. The molecule has 1 aromatic rings. The van der Waals surface area contributed by atoms with Gasteiger partial charge in [-0.1, -0.05) is 18.2 Å². The molecule has 1 heterocycles. The van der Waals surface area contributed by atoms with E-state index in [0.29, 0.717) is 12.3 Å². The van der Waals surface area contributed by atoms with E-state index in [2.05, 4.69) is 0 Å². The largest absolute Gasteiger partial charge is 0.496 e.